The van der Waals surface area contributed by atoms with Crippen molar-refractivity contribution in [3.63, 3.8) is 0 Å². The quantitative estimate of drug-likeness (QED) is 0.341. The van der Waals surface area contributed by atoms with Gasteiger partial charge < -0.3 is 25.0 Å². The van der Waals surface area contributed by atoms with Crippen LogP contribution in [0.5, 0.6) is 17.2 Å². The number of hydrogen-bond donors (Lipinski definition) is 3. The number of anilines is 1. The lowest BCUT2D eigenvalue weighted by molar-refractivity contribution is 0.0901. The predicted molar refractivity (Wildman–Crippen MR) is 145 cm³/mol. The number of carbonyl (C=O) groups is 1. The van der Waals surface area contributed by atoms with Gasteiger partial charge in [0.1, 0.15) is 11.5 Å². The number of aliphatic hydroxyl groups excluding tert-OH is 1. The van der Waals surface area contributed by atoms with Crippen molar-refractivity contribution in [2.45, 2.75) is 45.8 Å². The van der Waals surface area contributed by atoms with Crippen LogP contribution in [0.2, 0.25) is 0 Å². The Labute approximate surface area is 214 Å². The molecule has 5 rings (SSSR count). The largest absolute Gasteiger partial charge is 0.504 e. The predicted octanol–water partition coefficient (Wildman–Crippen LogP) is 6.58. The molecule has 2 aromatic carbocycles. The monoisotopic (exact) mass is 503 g/mol. The van der Waals surface area contributed by atoms with Crippen LogP contribution in [0.4, 0.5) is 5.69 Å². The molecule has 7 heteroatoms. The highest BCUT2D eigenvalue weighted by Gasteiger charge is 2.33. The van der Waals surface area contributed by atoms with Gasteiger partial charge in [0.25, 0.3) is 0 Å². The van der Waals surface area contributed by atoms with Gasteiger partial charge in [-0.3, -0.25) is 4.79 Å². The Morgan fingerprint density at radius 3 is 2.69 bits per heavy atom. The maximum absolute atomic E-state index is 12.8. The van der Waals surface area contributed by atoms with E-state index in [-0.39, 0.29) is 23.5 Å². The van der Waals surface area contributed by atoms with E-state index in [1.807, 2.05) is 23.6 Å². The summed E-state index contributed by atoms with van der Waals surface area (Å²) in [6.07, 6.45) is 3.42. The number of methoxy groups -OCH3 is 1. The van der Waals surface area contributed by atoms with Crippen molar-refractivity contribution in [2.75, 3.05) is 12.4 Å². The first-order valence-corrected chi connectivity index (χ1v) is 12.7. The lowest BCUT2D eigenvalue weighted by atomic mass is 9.83. The molecule has 0 amide bonds. The highest BCUT2D eigenvalue weighted by Crippen LogP contribution is 2.54. The van der Waals surface area contributed by atoms with Crippen LogP contribution in [0, 0.1) is 0 Å². The summed E-state index contributed by atoms with van der Waals surface area (Å²) >= 11 is 1.45. The van der Waals surface area contributed by atoms with E-state index in [0.717, 1.165) is 32.8 Å². The molecule has 2 aliphatic rings. The molecule has 1 unspecified atom stereocenters. The zero-order chi connectivity index (χ0) is 25.8. The Morgan fingerprint density at radius 2 is 1.97 bits per heavy atom. The number of benzene rings is 2. The van der Waals surface area contributed by atoms with Crippen LogP contribution in [0.3, 0.4) is 0 Å². The van der Waals surface area contributed by atoms with Crippen LogP contribution in [0.15, 0.2) is 41.8 Å². The molecule has 0 saturated carbocycles. The number of nitrogens with one attached hydrogen (secondary N) is 1. The molecule has 186 valence electrons. The zero-order valence-electron chi connectivity index (χ0n) is 20.9. The fourth-order valence-corrected chi connectivity index (χ4v) is 5.94. The molecule has 0 saturated heterocycles. The Morgan fingerprint density at radius 1 is 1.19 bits per heavy atom. The highest BCUT2D eigenvalue weighted by atomic mass is 32.1. The maximum atomic E-state index is 12.8. The number of allylic oxidation sites excluding steroid dienone is 1. The minimum Gasteiger partial charge on any atom is -0.504 e. The minimum atomic E-state index is -0.717. The third-order valence-corrected chi connectivity index (χ3v) is 7.27. The van der Waals surface area contributed by atoms with Gasteiger partial charge in [0.2, 0.25) is 0 Å². The second-order valence-corrected chi connectivity index (χ2v) is 10.8. The summed E-state index contributed by atoms with van der Waals surface area (Å²) in [5.74, 6) is 1.43. The molecule has 0 aliphatic carbocycles. The number of phenols is 1. The molecule has 3 heterocycles. The van der Waals surface area contributed by atoms with Crippen molar-refractivity contribution in [3.8, 4) is 28.4 Å². The van der Waals surface area contributed by atoms with Crippen molar-refractivity contribution in [3.05, 3.63) is 63.4 Å². The summed E-state index contributed by atoms with van der Waals surface area (Å²) < 4.78 is 12.1. The van der Waals surface area contributed by atoms with E-state index in [9.17, 15) is 15.0 Å². The van der Waals surface area contributed by atoms with Gasteiger partial charge in [0.05, 0.1) is 24.3 Å². The van der Waals surface area contributed by atoms with E-state index in [0.29, 0.717) is 28.4 Å². The number of aromatic hydroxyl groups is 1. The normalized spacial score (nSPS) is 17.2. The van der Waals surface area contributed by atoms with Crippen molar-refractivity contribution < 1.29 is 24.5 Å². The van der Waals surface area contributed by atoms with Crippen LogP contribution < -0.4 is 14.8 Å². The number of ketones is 1. The van der Waals surface area contributed by atoms with E-state index in [1.54, 1.807) is 25.1 Å². The average molecular weight is 504 g/mol. The van der Waals surface area contributed by atoms with Gasteiger partial charge >= 0.3 is 0 Å². The molecule has 3 N–H and O–H groups in total. The van der Waals surface area contributed by atoms with Gasteiger partial charge in [0.15, 0.2) is 17.3 Å². The van der Waals surface area contributed by atoms with E-state index in [2.05, 4.69) is 32.2 Å². The zero-order valence-corrected chi connectivity index (χ0v) is 21.7. The Balaban J connectivity index is 1.77. The average Bonchev–Trinajstić information content (AvgIpc) is 3.26. The van der Waals surface area contributed by atoms with E-state index in [4.69, 9.17) is 9.47 Å². The molecular formula is C29H29NO5S. The summed E-state index contributed by atoms with van der Waals surface area (Å²) in [6, 6.07) is 9.13. The number of carbonyl (C=O) groups excluding carboxylic acids is 1. The summed E-state index contributed by atoms with van der Waals surface area (Å²) in [5.41, 5.74) is 5.84. The van der Waals surface area contributed by atoms with Gasteiger partial charge in [-0.1, -0.05) is 12.1 Å². The van der Waals surface area contributed by atoms with Crippen LogP contribution in [-0.4, -0.2) is 34.7 Å². The first-order valence-electron chi connectivity index (χ1n) is 11.8. The fraction of sp³-hybridized carbons (Fsp3) is 0.276. The van der Waals surface area contributed by atoms with Crippen LogP contribution in [0.25, 0.3) is 28.5 Å². The van der Waals surface area contributed by atoms with Gasteiger partial charge in [-0.15, -0.1) is 11.3 Å². The summed E-state index contributed by atoms with van der Waals surface area (Å²) in [7, 11) is 1.53. The molecule has 36 heavy (non-hydrogen) atoms. The molecule has 1 atom stereocenters. The van der Waals surface area contributed by atoms with Crippen molar-refractivity contribution in [1.29, 1.82) is 0 Å². The number of aliphatic hydroxyl groups is 1. The van der Waals surface area contributed by atoms with Crippen LogP contribution in [0.1, 0.15) is 60.5 Å². The van der Waals surface area contributed by atoms with Gasteiger partial charge in [-0.2, -0.15) is 0 Å². The van der Waals surface area contributed by atoms with Gasteiger partial charge in [-0.05, 0) is 69.0 Å². The van der Waals surface area contributed by atoms with Crippen LogP contribution in [-0.2, 0) is 0 Å². The van der Waals surface area contributed by atoms with Crippen LogP contribution >= 0.6 is 11.3 Å². The number of rotatable bonds is 5. The molecule has 2 aliphatic heterocycles. The van der Waals surface area contributed by atoms with Crippen molar-refractivity contribution >= 4 is 40.2 Å². The molecule has 1 aromatic heterocycles. The third-order valence-electron chi connectivity index (χ3n) is 6.41. The van der Waals surface area contributed by atoms with Gasteiger partial charge in [-0.25, -0.2) is 0 Å². The third kappa shape index (κ3) is 4.08. The van der Waals surface area contributed by atoms with Gasteiger partial charge in [0, 0.05) is 39.2 Å². The Hall–Kier alpha value is -3.55. The first-order chi connectivity index (χ1) is 17.1. The van der Waals surface area contributed by atoms with E-state index >= 15 is 0 Å². The number of fused-ring (bicyclic) bond motifs is 5. The number of Topliss-reactive ketones (excluding diaryl/α,β-unsaturated/α-hetero) is 1. The number of hydrogen-bond acceptors (Lipinski definition) is 7. The maximum Gasteiger partial charge on any atom is 0.172 e. The second kappa shape index (κ2) is 8.84. The van der Waals surface area contributed by atoms with E-state index in [1.165, 1.54) is 18.4 Å². The second-order valence-electron chi connectivity index (χ2n) is 9.86. The highest BCUT2D eigenvalue weighted by molar-refractivity contribution is 7.11. The molecular weight excluding hydrogens is 474 g/mol. The van der Waals surface area contributed by atoms with Crippen molar-refractivity contribution in [1.82, 2.24) is 0 Å². The van der Waals surface area contributed by atoms with E-state index < -0.39 is 6.10 Å². The first kappa shape index (κ1) is 24.2. The molecule has 3 aromatic rings. The fourth-order valence-electron chi connectivity index (χ4n) is 5.11. The molecule has 0 bridgehead atoms. The molecule has 0 spiro atoms. The number of thiophene rings is 1. The summed E-state index contributed by atoms with van der Waals surface area (Å²) in [4.78, 5) is 13.6. The lowest BCUT2D eigenvalue weighted by Crippen LogP contribution is -2.32. The summed E-state index contributed by atoms with van der Waals surface area (Å²) in [6.45, 7) is 7.93. The minimum absolute atomic E-state index is 0.0340. The standard InChI is InChI=1S/C29H29NO5S/c1-15-14-29(3,4)30-19-7-6-18-26(25(15)19)23(35-22-9-8-20(32)28(34-5)27(18)22)13-24-17(10-11-36-24)21(33)12-16(2)31/h6-11,13-14,16,30-32H,12H2,1-5H3/b23-13-. The molecule has 0 fully saturated rings. The number of ether oxygens (including phenoxy) is 2. The lowest BCUT2D eigenvalue weighted by Gasteiger charge is -2.35. The number of phenolic OH excluding ortho intramolecular Hbond substituents is 1. The summed E-state index contributed by atoms with van der Waals surface area (Å²) in [5, 5.41) is 25.7. The van der Waals surface area contributed by atoms with Crippen molar-refractivity contribution in [2.24, 2.45) is 0 Å². The Kier molecular flexibility index (Phi) is 5.93. The molecule has 6 nitrogen and oxygen atoms in total. The SMILES string of the molecule is COc1c(O)ccc2c1-c1ccc3c(c1/C(=C/c1sccc1C(=O)CC(C)O)O2)C(C)=CC(C)(C)N3. The molecule has 0 radical (unpaired) electrons. The smallest absolute Gasteiger partial charge is 0.172 e. The Bertz CT molecular complexity index is 1440. The topological polar surface area (TPSA) is 88.0 Å².